The van der Waals surface area contributed by atoms with Gasteiger partial charge in [-0.1, -0.05) is 6.58 Å². The maximum atomic E-state index is 10.9. The highest BCUT2D eigenvalue weighted by atomic mass is 16.5. The van der Waals surface area contributed by atoms with Crippen molar-refractivity contribution >= 4 is 6.09 Å². The van der Waals surface area contributed by atoms with Crippen LogP contribution in [-0.4, -0.2) is 31.2 Å². The van der Waals surface area contributed by atoms with Gasteiger partial charge in [0.15, 0.2) is 0 Å². The second kappa shape index (κ2) is 3.26. The molecule has 0 atom stereocenters. The molecule has 3 nitrogen and oxygen atoms in total. The molecule has 11 heavy (non-hydrogen) atoms. The second-order valence-electron chi connectivity index (χ2n) is 2.42. The molecule has 1 heterocycles. The fourth-order valence-electron chi connectivity index (χ4n) is 1.09. The van der Waals surface area contributed by atoms with Crippen LogP contribution in [0.1, 0.15) is 6.42 Å². The molecule has 1 aliphatic heterocycles. The zero-order valence-corrected chi connectivity index (χ0v) is 6.59. The van der Waals surface area contributed by atoms with E-state index in [2.05, 4.69) is 17.0 Å². The molecule has 0 radical (unpaired) electrons. The molecule has 1 rings (SSSR count). The van der Waals surface area contributed by atoms with Gasteiger partial charge in [-0.15, -0.1) is 5.73 Å². The Morgan fingerprint density at radius 3 is 3.00 bits per heavy atom. The summed E-state index contributed by atoms with van der Waals surface area (Å²) < 4.78 is 4.55. The predicted octanol–water partition coefficient (Wildman–Crippen LogP) is 1.17. The Balaban J connectivity index is 2.54. The lowest BCUT2D eigenvalue weighted by Crippen LogP contribution is -2.27. The lowest BCUT2D eigenvalue weighted by molar-refractivity contribution is 0.134. The summed E-state index contributed by atoms with van der Waals surface area (Å²) in [5.74, 6) is 0. The molecular formula is C8H11NO2. The Hall–Kier alpha value is -1.21. The largest absolute Gasteiger partial charge is 0.453 e. The number of carbonyl (C=O) groups is 1. The summed E-state index contributed by atoms with van der Waals surface area (Å²) in [6.07, 6.45) is 0.605. The minimum Gasteiger partial charge on any atom is -0.453 e. The van der Waals surface area contributed by atoms with Crippen molar-refractivity contribution in [2.75, 3.05) is 20.2 Å². The van der Waals surface area contributed by atoms with E-state index in [1.807, 2.05) is 0 Å². The van der Waals surface area contributed by atoms with Gasteiger partial charge < -0.3 is 9.64 Å². The van der Waals surface area contributed by atoms with Crippen LogP contribution in [0, 0.1) is 0 Å². The molecule has 60 valence electrons. The monoisotopic (exact) mass is 153 g/mol. The number of amides is 1. The van der Waals surface area contributed by atoms with Gasteiger partial charge in [-0.25, -0.2) is 4.79 Å². The van der Waals surface area contributed by atoms with Crippen LogP contribution in [0.5, 0.6) is 0 Å². The van der Waals surface area contributed by atoms with Gasteiger partial charge in [0.1, 0.15) is 0 Å². The van der Waals surface area contributed by atoms with Gasteiger partial charge in [0.05, 0.1) is 13.7 Å². The van der Waals surface area contributed by atoms with Crippen molar-refractivity contribution in [3.05, 3.63) is 17.9 Å². The first kappa shape index (κ1) is 7.89. The van der Waals surface area contributed by atoms with E-state index in [1.165, 1.54) is 7.11 Å². The SMILES string of the molecule is C=C=C1CCN(C(=O)OC)C1. The van der Waals surface area contributed by atoms with Gasteiger partial charge in [0, 0.05) is 6.54 Å². The lowest BCUT2D eigenvalue weighted by Gasteiger charge is -2.11. The molecular weight excluding hydrogens is 142 g/mol. The molecule has 0 aromatic heterocycles. The third kappa shape index (κ3) is 1.63. The van der Waals surface area contributed by atoms with Gasteiger partial charge in [0.25, 0.3) is 0 Å². The van der Waals surface area contributed by atoms with Gasteiger partial charge in [-0.2, -0.15) is 0 Å². The number of methoxy groups -OCH3 is 1. The molecule has 1 saturated heterocycles. The van der Waals surface area contributed by atoms with Gasteiger partial charge in [0.2, 0.25) is 0 Å². The van der Waals surface area contributed by atoms with Crippen LogP contribution in [0.15, 0.2) is 17.9 Å². The highest BCUT2D eigenvalue weighted by Gasteiger charge is 2.21. The number of nitrogens with zero attached hydrogens (tertiary/aromatic N) is 1. The van der Waals surface area contributed by atoms with Gasteiger partial charge in [-0.05, 0) is 12.0 Å². The van der Waals surface area contributed by atoms with Crippen molar-refractivity contribution in [2.45, 2.75) is 6.42 Å². The van der Waals surface area contributed by atoms with Crippen molar-refractivity contribution in [1.29, 1.82) is 0 Å². The van der Waals surface area contributed by atoms with E-state index in [9.17, 15) is 4.79 Å². The first-order chi connectivity index (χ1) is 5.27. The summed E-state index contributed by atoms with van der Waals surface area (Å²) in [5.41, 5.74) is 3.87. The average Bonchev–Trinajstić information content (AvgIpc) is 2.50. The summed E-state index contributed by atoms with van der Waals surface area (Å²) in [5, 5.41) is 0. The van der Waals surface area contributed by atoms with Crippen molar-refractivity contribution in [3.63, 3.8) is 0 Å². The molecule has 0 saturated carbocycles. The fourth-order valence-corrected chi connectivity index (χ4v) is 1.09. The molecule has 1 amide bonds. The highest BCUT2D eigenvalue weighted by molar-refractivity contribution is 5.68. The number of ether oxygens (including phenoxy) is 1. The van der Waals surface area contributed by atoms with Crippen LogP contribution in [0.4, 0.5) is 4.79 Å². The van der Waals surface area contributed by atoms with E-state index in [-0.39, 0.29) is 6.09 Å². The average molecular weight is 153 g/mol. The summed E-state index contributed by atoms with van der Waals surface area (Å²) in [7, 11) is 1.39. The minimum absolute atomic E-state index is 0.268. The van der Waals surface area contributed by atoms with Crippen LogP contribution < -0.4 is 0 Å². The lowest BCUT2D eigenvalue weighted by atomic mass is 10.3. The van der Waals surface area contributed by atoms with Crippen molar-refractivity contribution in [3.8, 4) is 0 Å². The van der Waals surface area contributed by atoms with Crippen molar-refractivity contribution in [1.82, 2.24) is 4.90 Å². The Labute approximate surface area is 65.9 Å². The summed E-state index contributed by atoms with van der Waals surface area (Å²) in [4.78, 5) is 12.6. The first-order valence-corrected chi connectivity index (χ1v) is 3.48. The smallest absolute Gasteiger partial charge is 0.409 e. The fraction of sp³-hybridized carbons (Fsp3) is 0.500. The molecule has 0 aromatic carbocycles. The first-order valence-electron chi connectivity index (χ1n) is 3.48. The maximum absolute atomic E-state index is 10.9. The van der Waals surface area contributed by atoms with Crippen LogP contribution in [0.25, 0.3) is 0 Å². The number of hydrogen-bond donors (Lipinski definition) is 0. The Kier molecular flexibility index (Phi) is 2.34. The maximum Gasteiger partial charge on any atom is 0.409 e. The second-order valence-corrected chi connectivity index (χ2v) is 2.42. The highest BCUT2D eigenvalue weighted by Crippen LogP contribution is 2.13. The summed E-state index contributed by atoms with van der Waals surface area (Å²) >= 11 is 0. The topological polar surface area (TPSA) is 29.5 Å². The molecule has 0 aromatic rings. The number of rotatable bonds is 0. The molecule has 0 bridgehead atoms. The predicted molar refractivity (Wildman–Crippen MR) is 41.2 cm³/mol. The van der Waals surface area contributed by atoms with E-state index in [4.69, 9.17) is 0 Å². The minimum atomic E-state index is -0.268. The van der Waals surface area contributed by atoms with E-state index in [0.29, 0.717) is 6.54 Å². The standard InChI is InChI=1S/C8H11NO2/c1-3-7-4-5-9(6-7)8(10)11-2/h1,4-6H2,2H3. The van der Waals surface area contributed by atoms with E-state index in [1.54, 1.807) is 4.90 Å². The number of likely N-dealkylation sites (tertiary alicyclic amines) is 1. The van der Waals surface area contributed by atoms with Crippen LogP contribution in [0.2, 0.25) is 0 Å². The zero-order valence-electron chi connectivity index (χ0n) is 6.59. The third-order valence-electron chi connectivity index (χ3n) is 1.75. The van der Waals surface area contributed by atoms with Gasteiger partial charge >= 0.3 is 6.09 Å². The molecule has 1 fully saturated rings. The Bertz CT molecular complexity index is 216. The molecule has 0 N–H and O–H groups in total. The number of carbonyl (C=O) groups excluding carboxylic acids is 1. The quantitative estimate of drug-likeness (QED) is 0.489. The van der Waals surface area contributed by atoms with E-state index in [0.717, 1.165) is 18.5 Å². The normalized spacial score (nSPS) is 16.5. The summed E-state index contributed by atoms with van der Waals surface area (Å²) in [6.45, 7) is 4.87. The van der Waals surface area contributed by atoms with Crippen LogP contribution in [-0.2, 0) is 4.74 Å². The third-order valence-corrected chi connectivity index (χ3v) is 1.75. The zero-order chi connectivity index (χ0) is 8.27. The van der Waals surface area contributed by atoms with E-state index < -0.39 is 0 Å². The Morgan fingerprint density at radius 2 is 2.55 bits per heavy atom. The van der Waals surface area contributed by atoms with Crippen LogP contribution >= 0.6 is 0 Å². The molecule has 1 aliphatic rings. The number of hydrogen-bond acceptors (Lipinski definition) is 2. The van der Waals surface area contributed by atoms with Crippen LogP contribution in [0.3, 0.4) is 0 Å². The Morgan fingerprint density at radius 1 is 1.82 bits per heavy atom. The molecule has 0 spiro atoms. The van der Waals surface area contributed by atoms with Crippen molar-refractivity contribution in [2.24, 2.45) is 0 Å². The van der Waals surface area contributed by atoms with E-state index >= 15 is 0 Å². The molecule has 0 unspecified atom stereocenters. The van der Waals surface area contributed by atoms with Crippen molar-refractivity contribution < 1.29 is 9.53 Å². The summed E-state index contributed by atoms with van der Waals surface area (Å²) in [6, 6.07) is 0. The van der Waals surface area contributed by atoms with Gasteiger partial charge in [-0.3, -0.25) is 0 Å². The molecule has 0 aliphatic carbocycles. The molecule has 3 heteroatoms.